The number of nitrogens with zero attached hydrogens (tertiary/aromatic N) is 1. The molecule has 0 aliphatic carbocycles. The van der Waals surface area contributed by atoms with Crippen LogP contribution in [0.2, 0.25) is 0 Å². The van der Waals surface area contributed by atoms with Crippen molar-refractivity contribution in [2.45, 2.75) is 26.3 Å². The SMILES string of the molecule is CC(C)CN(C(=O)COC(=O)/C=C/c1cc(Br)ccc1F)C1CCS(=O)(=O)C1. The van der Waals surface area contributed by atoms with E-state index in [0.29, 0.717) is 17.4 Å². The number of carbonyl (C=O) groups excluding carboxylic acids is 2. The highest BCUT2D eigenvalue weighted by Crippen LogP contribution is 2.20. The number of sulfone groups is 1. The molecule has 28 heavy (non-hydrogen) atoms. The summed E-state index contributed by atoms with van der Waals surface area (Å²) in [6, 6.07) is 3.91. The summed E-state index contributed by atoms with van der Waals surface area (Å²) in [6.45, 7) is 3.74. The fourth-order valence-electron chi connectivity index (χ4n) is 2.93. The third-order valence-corrected chi connectivity index (χ3v) is 6.47. The van der Waals surface area contributed by atoms with Gasteiger partial charge in [0.2, 0.25) is 0 Å². The van der Waals surface area contributed by atoms with E-state index in [9.17, 15) is 22.4 Å². The molecule has 0 bridgehead atoms. The van der Waals surface area contributed by atoms with Gasteiger partial charge >= 0.3 is 5.97 Å². The smallest absolute Gasteiger partial charge is 0.331 e. The van der Waals surface area contributed by atoms with Gasteiger partial charge in [-0.2, -0.15) is 0 Å². The Morgan fingerprint density at radius 3 is 2.71 bits per heavy atom. The topological polar surface area (TPSA) is 80.8 Å². The van der Waals surface area contributed by atoms with E-state index in [1.54, 1.807) is 0 Å². The molecule has 1 fully saturated rings. The lowest BCUT2D eigenvalue weighted by molar-refractivity contribution is -0.149. The van der Waals surface area contributed by atoms with Crippen molar-refractivity contribution in [2.75, 3.05) is 24.7 Å². The lowest BCUT2D eigenvalue weighted by atomic mass is 10.1. The number of carbonyl (C=O) groups is 2. The lowest BCUT2D eigenvalue weighted by Gasteiger charge is -2.29. The normalized spacial score (nSPS) is 18.5. The van der Waals surface area contributed by atoms with Gasteiger partial charge in [-0.3, -0.25) is 4.79 Å². The van der Waals surface area contributed by atoms with Crippen LogP contribution in [-0.2, 0) is 24.2 Å². The Hall–Kier alpha value is -1.74. The second-order valence-electron chi connectivity index (χ2n) is 7.10. The van der Waals surface area contributed by atoms with Gasteiger partial charge in [-0.1, -0.05) is 29.8 Å². The van der Waals surface area contributed by atoms with E-state index in [1.165, 1.54) is 29.2 Å². The Balaban J connectivity index is 1.96. The van der Waals surface area contributed by atoms with E-state index in [2.05, 4.69) is 15.9 Å². The molecule has 0 spiro atoms. The summed E-state index contributed by atoms with van der Waals surface area (Å²) >= 11 is 3.22. The molecule has 1 unspecified atom stereocenters. The number of amides is 1. The number of hydrogen-bond acceptors (Lipinski definition) is 5. The highest BCUT2D eigenvalue weighted by atomic mass is 79.9. The van der Waals surface area contributed by atoms with E-state index < -0.39 is 40.2 Å². The molecule has 0 aromatic heterocycles. The van der Waals surface area contributed by atoms with Crippen molar-refractivity contribution in [3.05, 3.63) is 40.1 Å². The van der Waals surface area contributed by atoms with Gasteiger partial charge in [-0.05, 0) is 36.6 Å². The van der Waals surface area contributed by atoms with Crippen molar-refractivity contribution in [3.8, 4) is 0 Å². The molecule has 154 valence electrons. The largest absolute Gasteiger partial charge is 0.452 e. The molecular formula is C19H23BrFNO5S. The Bertz CT molecular complexity index is 869. The van der Waals surface area contributed by atoms with Crippen molar-refractivity contribution in [1.82, 2.24) is 4.90 Å². The van der Waals surface area contributed by atoms with Crippen molar-refractivity contribution in [2.24, 2.45) is 5.92 Å². The first-order valence-corrected chi connectivity index (χ1v) is 11.5. The summed E-state index contributed by atoms with van der Waals surface area (Å²) in [4.78, 5) is 25.9. The molecule has 1 aromatic rings. The molecule has 2 rings (SSSR count). The summed E-state index contributed by atoms with van der Waals surface area (Å²) in [5.74, 6) is -1.58. The molecule has 0 N–H and O–H groups in total. The summed E-state index contributed by atoms with van der Waals surface area (Å²) in [6.07, 6.45) is 2.70. The molecule has 0 saturated carbocycles. The number of benzene rings is 1. The highest BCUT2D eigenvalue weighted by molar-refractivity contribution is 9.10. The zero-order chi connectivity index (χ0) is 20.9. The molecule has 1 aliphatic heterocycles. The fourth-order valence-corrected chi connectivity index (χ4v) is 5.04. The minimum atomic E-state index is -3.14. The van der Waals surface area contributed by atoms with Crippen LogP contribution in [0.3, 0.4) is 0 Å². The van der Waals surface area contributed by atoms with Gasteiger partial charge in [-0.15, -0.1) is 0 Å². The standard InChI is InChI=1S/C19H23BrFNO5S/c1-13(2)10-22(16-7-8-28(25,26)12-16)18(23)11-27-19(24)6-3-14-9-15(20)4-5-17(14)21/h3-6,9,13,16H,7-8,10-12H2,1-2H3/b6-3+. The molecular weight excluding hydrogens is 453 g/mol. The summed E-state index contributed by atoms with van der Waals surface area (Å²) < 4.78 is 42.7. The predicted octanol–water partition coefficient (Wildman–Crippen LogP) is 2.82. The average Bonchev–Trinajstić information content (AvgIpc) is 2.97. The monoisotopic (exact) mass is 475 g/mol. The number of halogens is 2. The first-order valence-electron chi connectivity index (χ1n) is 8.87. The van der Waals surface area contributed by atoms with E-state index in [1.807, 2.05) is 13.8 Å². The van der Waals surface area contributed by atoms with Crippen molar-refractivity contribution in [3.63, 3.8) is 0 Å². The number of rotatable bonds is 7. The van der Waals surface area contributed by atoms with E-state index in [0.717, 1.165) is 6.08 Å². The Morgan fingerprint density at radius 2 is 2.11 bits per heavy atom. The third kappa shape index (κ3) is 6.70. The van der Waals surface area contributed by atoms with Crippen LogP contribution in [0.25, 0.3) is 6.08 Å². The average molecular weight is 476 g/mol. The maximum absolute atomic E-state index is 13.7. The van der Waals surface area contributed by atoms with Gasteiger partial charge in [0.25, 0.3) is 5.91 Å². The fraction of sp³-hybridized carbons (Fsp3) is 0.474. The second kappa shape index (κ2) is 9.65. The van der Waals surface area contributed by atoms with Crippen LogP contribution in [-0.4, -0.2) is 55.9 Å². The van der Waals surface area contributed by atoms with Crippen LogP contribution in [0.4, 0.5) is 4.39 Å². The minimum Gasteiger partial charge on any atom is -0.452 e. The molecule has 9 heteroatoms. The third-order valence-electron chi connectivity index (χ3n) is 4.23. The Kier molecular flexibility index (Phi) is 7.77. The Morgan fingerprint density at radius 1 is 1.39 bits per heavy atom. The highest BCUT2D eigenvalue weighted by Gasteiger charge is 2.35. The van der Waals surface area contributed by atoms with E-state index >= 15 is 0 Å². The van der Waals surface area contributed by atoms with Crippen molar-refractivity contribution >= 4 is 43.7 Å². The lowest BCUT2D eigenvalue weighted by Crippen LogP contribution is -2.45. The molecule has 1 aromatic carbocycles. The van der Waals surface area contributed by atoms with Crippen LogP contribution in [0.5, 0.6) is 0 Å². The van der Waals surface area contributed by atoms with E-state index in [4.69, 9.17) is 4.74 Å². The van der Waals surface area contributed by atoms with Gasteiger partial charge < -0.3 is 9.64 Å². The molecule has 1 aliphatic rings. The first-order chi connectivity index (χ1) is 13.1. The van der Waals surface area contributed by atoms with Crippen molar-refractivity contribution in [1.29, 1.82) is 0 Å². The number of esters is 1. The quantitative estimate of drug-likeness (QED) is 0.447. The zero-order valence-corrected chi connectivity index (χ0v) is 18.1. The second-order valence-corrected chi connectivity index (χ2v) is 10.2. The van der Waals surface area contributed by atoms with Crippen LogP contribution in [0, 0.1) is 11.7 Å². The first kappa shape index (κ1) is 22.5. The van der Waals surface area contributed by atoms with Gasteiger partial charge in [0, 0.05) is 28.7 Å². The molecule has 1 heterocycles. The summed E-state index contributed by atoms with van der Waals surface area (Å²) in [5.41, 5.74) is 0.204. The predicted molar refractivity (Wildman–Crippen MR) is 108 cm³/mol. The maximum Gasteiger partial charge on any atom is 0.331 e. The number of ether oxygens (including phenoxy) is 1. The molecule has 0 radical (unpaired) electrons. The van der Waals surface area contributed by atoms with Crippen LogP contribution in [0.1, 0.15) is 25.8 Å². The molecule has 1 amide bonds. The van der Waals surface area contributed by atoms with Gasteiger partial charge in [0.1, 0.15) is 5.82 Å². The molecule has 1 saturated heterocycles. The van der Waals surface area contributed by atoms with E-state index in [-0.39, 0.29) is 23.0 Å². The van der Waals surface area contributed by atoms with Crippen LogP contribution >= 0.6 is 15.9 Å². The minimum absolute atomic E-state index is 0.0558. The zero-order valence-electron chi connectivity index (χ0n) is 15.7. The molecule has 6 nitrogen and oxygen atoms in total. The summed E-state index contributed by atoms with van der Waals surface area (Å²) in [5, 5.41) is 0. The van der Waals surface area contributed by atoms with Crippen LogP contribution < -0.4 is 0 Å². The maximum atomic E-state index is 13.7. The van der Waals surface area contributed by atoms with Crippen molar-refractivity contribution < 1.29 is 27.1 Å². The van der Waals surface area contributed by atoms with Gasteiger partial charge in [0.05, 0.1) is 11.5 Å². The van der Waals surface area contributed by atoms with Crippen LogP contribution in [0.15, 0.2) is 28.7 Å². The number of hydrogen-bond donors (Lipinski definition) is 0. The molecule has 1 atom stereocenters. The van der Waals surface area contributed by atoms with Gasteiger partial charge in [0.15, 0.2) is 16.4 Å². The van der Waals surface area contributed by atoms with Gasteiger partial charge in [-0.25, -0.2) is 17.6 Å². The summed E-state index contributed by atoms with van der Waals surface area (Å²) in [7, 11) is -3.14. The Labute approximate surface area is 172 Å².